The van der Waals surface area contributed by atoms with Crippen LogP contribution in [-0.4, -0.2) is 43.5 Å². The molecule has 1 amide bonds. The summed E-state index contributed by atoms with van der Waals surface area (Å²) in [4.78, 5) is 15.6. The molecule has 1 aromatic carbocycles. The molecule has 1 saturated heterocycles. The van der Waals surface area contributed by atoms with E-state index < -0.39 is 0 Å². The van der Waals surface area contributed by atoms with Crippen LogP contribution >= 0.6 is 24.8 Å². The smallest absolute Gasteiger partial charge is 0.236 e. The molecule has 2 N–H and O–H groups in total. The Labute approximate surface area is 133 Å². The van der Waals surface area contributed by atoms with Crippen molar-refractivity contribution in [3.05, 3.63) is 29.8 Å². The van der Waals surface area contributed by atoms with Gasteiger partial charge in [0.05, 0.1) is 6.54 Å². The van der Waals surface area contributed by atoms with Gasteiger partial charge in [0.15, 0.2) is 0 Å². The maximum atomic E-state index is 11.5. The first-order valence-electron chi connectivity index (χ1n) is 6.56. The number of amides is 1. The van der Waals surface area contributed by atoms with E-state index in [0.29, 0.717) is 0 Å². The van der Waals surface area contributed by atoms with Crippen LogP contribution in [0.3, 0.4) is 0 Å². The van der Waals surface area contributed by atoms with E-state index in [0.717, 1.165) is 32.6 Å². The number of carbonyl (C=O) groups is 1. The van der Waals surface area contributed by atoms with Crippen LogP contribution in [0.5, 0.6) is 0 Å². The van der Waals surface area contributed by atoms with Crippen molar-refractivity contribution in [1.29, 1.82) is 0 Å². The number of nitrogens with zero attached hydrogens (tertiary/aromatic N) is 2. The van der Waals surface area contributed by atoms with Crippen molar-refractivity contribution in [3.8, 4) is 0 Å². The molecule has 0 radical (unpaired) electrons. The molecule has 0 spiro atoms. The minimum absolute atomic E-state index is 0. The summed E-state index contributed by atoms with van der Waals surface area (Å²) in [5, 5.41) is 0. The number of nitrogens with two attached hydrogens (primary N) is 1. The number of halogens is 2. The van der Waals surface area contributed by atoms with Gasteiger partial charge < -0.3 is 15.5 Å². The number of aryl methyl sites for hydroxylation is 1. The molecule has 0 atom stereocenters. The van der Waals surface area contributed by atoms with Crippen LogP contribution in [0.4, 0.5) is 5.69 Å². The summed E-state index contributed by atoms with van der Waals surface area (Å²) in [7, 11) is 0. The molecule has 0 bridgehead atoms. The van der Waals surface area contributed by atoms with Gasteiger partial charge in [-0.3, -0.25) is 4.79 Å². The highest BCUT2D eigenvalue weighted by molar-refractivity contribution is 5.85. The van der Waals surface area contributed by atoms with E-state index in [1.807, 2.05) is 4.90 Å². The highest BCUT2D eigenvalue weighted by atomic mass is 35.5. The Morgan fingerprint density at radius 3 is 2.10 bits per heavy atom. The lowest BCUT2D eigenvalue weighted by atomic mass is 10.1. The second-order valence-corrected chi connectivity index (χ2v) is 4.59. The third kappa shape index (κ3) is 4.54. The number of anilines is 1. The highest BCUT2D eigenvalue weighted by Gasteiger charge is 2.19. The first kappa shape index (κ1) is 19.0. The average molecular weight is 320 g/mol. The maximum absolute atomic E-state index is 11.5. The quantitative estimate of drug-likeness (QED) is 0.922. The van der Waals surface area contributed by atoms with Crippen LogP contribution in [0.25, 0.3) is 0 Å². The number of piperazine rings is 1. The molecule has 0 aromatic heterocycles. The molecule has 0 unspecified atom stereocenters. The zero-order valence-corrected chi connectivity index (χ0v) is 13.4. The van der Waals surface area contributed by atoms with E-state index in [1.54, 1.807) is 0 Å². The average Bonchev–Trinajstić information content (AvgIpc) is 2.47. The SMILES string of the molecule is CCc1ccc(N2CCN(C(=O)CN)CC2)cc1.Cl.Cl. The number of hydrogen-bond acceptors (Lipinski definition) is 3. The molecule has 1 fully saturated rings. The molecule has 2 rings (SSSR count). The van der Waals surface area contributed by atoms with Crippen molar-refractivity contribution in [3.63, 3.8) is 0 Å². The van der Waals surface area contributed by atoms with Gasteiger partial charge in [0.2, 0.25) is 5.91 Å². The number of hydrogen-bond donors (Lipinski definition) is 1. The Hall–Kier alpha value is -0.970. The lowest BCUT2D eigenvalue weighted by molar-refractivity contribution is -0.129. The maximum Gasteiger partial charge on any atom is 0.236 e. The van der Waals surface area contributed by atoms with Gasteiger partial charge in [-0.1, -0.05) is 19.1 Å². The van der Waals surface area contributed by atoms with Crippen molar-refractivity contribution < 1.29 is 4.79 Å². The van der Waals surface area contributed by atoms with Crippen molar-refractivity contribution >= 4 is 36.4 Å². The van der Waals surface area contributed by atoms with Crippen LogP contribution in [0, 0.1) is 0 Å². The minimum Gasteiger partial charge on any atom is -0.368 e. The Morgan fingerprint density at radius 2 is 1.65 bits per heavy atom. The van der Waals surface area contributed by atoms with Crippen molar-refractivity contribution in [2.24, 2.45) is 5.73 Å². The fourth-order valence-electron chi connectivity index (χ4n) is 2.29. The van der Waals surface area contributed by atoms with E-state index in [9.17, 15) is 4.79 Å². The van der Waals surface area contributed by atoms with E-state index in [-0.39, 0.29) is 37.3 Å². The van der Waals surface area contributed by atoms with Crippen LogP contribution in [0.2, 0.25) is 0 Å². The number of benzene rings is 1. The van der Waals surface area contributed by atoms with Gasteiger partial charge >= 0.3 is 0 Å². The van der Waals surface area contributed by atoms with Gasteiger partial charge in [-0.2, -0.15) is 0 Å². The zero-order chi connectivity index (χ0) is 13.0. The molecule has 0 aliphatic carbocycles. The van der Waals surface area contributed by atoms with E-state index in [1.165, 1.54) is 11.3 Å². The van der Waals surface area contributed by atoms with E-state index in [4.69, 9.17) is 5.73 Å². The van der Waals surface area contributed by atoms with Gasteiger partial charge in [-0.15, -0.1) is 24.8 Å². The second kappa shape index (κ2) is 9.06. The molecule has 4 nitrogen and oxygen atoms in total. The summed E-state index contributed by atoms with van der Waals surface area (Å²) in [6.45, 7) is 5.59. The first-order valence-corrected chi connectivity index (χ1v) is 6.56. The summed E-state index contributed by atoms with van der Waals surface area (Å²) >= 11 is 0. The number of rotatable bonds is 3. The summed E-state index contributed by atoms with van der Waals surface area (Å²) in [5.41, 5.74) is 7.98. The minimum atomic E-state index is 0. The predicted molar refractivity (Wildman–Crippen MR) is 88.2 cm³/mol. The normalized spacial score (nSPS) is 14.3. The summed E-state index contributed by atoms with van der Waals surface area (Å²) in [6, 6.07) is 8.68. The van der Waals surface area contributed by atoms with E-state index in [2.05, 4.69) is 36.1 Å². The molecule has 1 aliphatic heterocycles. The monoisotopic (exact) mass is 319 g/mol. The molecule has 20 heavy (non-hydrogen) atoms. The second-order valence-electron chi connectivity index (χ2n) is 4.59. The summed E-state index contributed by atoms with van der Waals surface area (Å²) < 4.78 is 0. The molecule has 0 saturated carbocycles. The third-order valence-electron chi connectivity index (χ3n) is 3.52. The first-order chi connectivity index (χ1) is 8.74. The number of carbonyl (C=O) groups excluding carboxylic acids is 1. The Kier molecular flexibility index (Phi) is 8.62. The van der Waals surface area contributed by atoms with Crippen molar-refractivity contribution in [2.45, 2.75) is 13.3 Å². The van der Waals surface area contributed by atoms with Gasteiger partial charge in [0, 0.05) is 31.9 Å². The van der Waals surface area contributed by atoms with Gasteiger partial charge in [0.1, 0.15) is 0 Å². The molecule has 1 aliphatic rings. The molecular weight excluding hydrogens is 297 g/mol. The summed E-state index contributed by atoms with van der Waals surface area (Å²) in [5.74, 6) is 0.0518. The molecular formula is C14H23Cl2N3O. The summed E-state index contributed by atoms with van der Waals surface area (Å²) in [6.07, 6.45) is 1.07. The van der Waals surface area contributed by atoms with E-state index >= 15 is 0 Å². The Morgan fingerprint density at radius 1 is 1.10 bits per heavy atom. The van der Waals surface area contributed by atoms with Gasteiger partial charge in [-0.05, 0) is 24.1 Å². The topological polar surface area (TPSA) is 49.6 Å². The van der Waals surface area contributed by atoms with Crippen LogP contribution in [-0.2, 0) is 11.2 Å². The predicted octanol–water partition coefficient (Wildman–Crippen LogP) is 1.70. The van der Waals surface area contributed by atoms with Crippen LogP contribution in [0.15, 0.2) is 24.3 Å². The van der Waals surface area contributed by atoms with Crippen molar-refractivity contribution in [2.75, 3.05) is 37.6 Å². The molecule has 1 heterocycles. The standard InChI is InChI=1S/C14H21N3O.2ClH/c1-2-12-3-5-13(6-4-12)16-7-9-17(10-8-16)14(18)11-15;;/h3-6H,2,7-11,15H2,1H3;2*1H. The molecule has 6 heteroatoms. The van der Waals surface area contributed by atoms with Gasteiger partial charge in [-0.25, -0.2) is 0 Å². The van der Waals surface area contributed by atoms with Crippen molar-refractivity contribution in [1.82, 2.24) is 4.90 Å². The van der Waals surface area contributed by atoms with Gasteiger partial charge in [0.25, 0.3) is 0 Å². The largest absolute Gasteiger partial charge is 0.368 e. The highest BCUT2D eigenvalue weighted by Crippen LogP contribution is 2.17. The fourth-order valence-corrected chi connectivity index (χ4v) is 2.29. The van der Waals surface area contributed by atoms with Crippen LogP contribution in [0.1, 0.15) is 12.5 Å². The lowest BCUT2D eigenvalue weighted by Gasteiger charge is -2.36. The molecule has 1 aromatic rings. The third-order valence-corrected chi connectivity index (χ3v) is 3.52. The fraction of sp³-hybridized carbons (Fsp3) is 0.500. The Balaban J connectivity index is 0.00000180. The Bertz CT molecular complexity index is 403. The zero-order valence-electron chi connectivity index (χ0n) is 11.7. The molecule has 114 valence electrons. The van der Waals surface area contributed by atoms with Crippen LogP contribution < -0.4 is 10.6 Å². The lowest BCUT2D eigenvalue weighted by Crippen LogP contribution is -2.50.